The van der Waals surface area contributed by atoms with Crippen LogP contribution < -0.4 is 4.74 Å². The van der Waals surface area contributed by atoms with E-state index in [4.69, 9.17) is 9.72 Å². The summed E-state index contributed by atoms with van der Waals surface area (Å²) in [5.74, 6) is 1.97. The van der Waals surface area contributed by atoms with Crippen LogP contribution >= 0.6 is 0 Å². The molecule has 1 atom stereocenters. The number of carbonyl (C=O) groups excluding carboxylic acids is 1. The van der Waals surface area contributed by atoms with E-state index in [9.17, 15) is 4.79 Å². The molecule has 4 rings (SSSR count). The summed E-state index contributed by atoms with van der Waals surface area (Å²) >= 11 is 0. The van der Waals surface area contributed by atoms with E-state index in [-0.39, 0.29) is 0 Å². The van der Waals surface area contributed by atoms with Crippen LogP contribution in [0.3, 0.4) is 0 Å². The maximum Gasteiger partial charge on any atom is 0.159 e. The average molecular weight is 402 g/mol. The number of rotatable bonds is 8. The van der Waals surface area contributed by atoms with Crippen molar-refractivity contribution >= 4 is 6.29 Å². The molecule has 5 nitrogen and oxygen atoms in total. The fourth-order valence-electron chi connectivity index (χ4n) is 3.79. The summed E-state index contributed by atoms with van der Waals surface area (Å²) in [4.78, 5) is 22.5. The van der Waals surface area contributed by atoms with E-state index in [1.54, 1.807) is 0 Å². The van der Waals surface area contributed by atoms with Crippen molar-refractivity contribution < 1.29 is 9.53 Å². The molecule has 0 spiro atoms. The van der Waals surface area contributed by atoms with Crippen molar-refractivity contribution in [2.75, 3.05) is 13.1 Å². The van der Waals surface area contributed by atoms with E-state index in [0.29, 0.717) is 18.9 Å². The number of nitrogens with zero attached hydrogens (tertiary/aromatic N) is 3. The monoisotopic (exact) mass is 401 g/mol. The first kappa shape index (κ1) is 20.2. The van der Waals surface area contributed by atoms with Crippen molar-refractivity contribution in [1.82, 2.24) is 14.9 Å². The molecule has 0 saturated carbocycles. The summed E-state index contributed by atoms with van der Waals surface area (Å²) in [6.45, 7) is 5.43. The number of hydrogen-bond acceptors (Lipinski definition) is 5. The van der Waals surface area contributed by atoms with E-state index >= 15 is 0 Å². The van der Waals surface area contributed by atoms with E-state index in [0.717, 1.165) is 60.7 Å². The second-order valence-electron chi connectivity index (χ2n) is 7.96. The Morgan fingerprint density at radius 1 is 1.13 bits per heavy atom. The van der Waals surface area contributed by atoms with Gasteiger partial charge in [0.15, 0.2) is 5.82 Å². The highest BCUT2D eigenvalue weighted by Gasteiger charge is 2.20. The zero-order valence-electron chi connectivity index (χ0n) is 17.3. The Balaban J connectivity index is 1.39. The molecule has 0 aliphatic carbocycles. The third-order valence-electron chi connectivity index (χ3n) is 5.44. The second-order valence-corrected chi connectivity index (χ2v) is 7.96. The minimum Gasteiger partial charge on any atom is -0.489 e. The fraction of sp³-hybridized carbons (Fsp3) is 0.320. The SMILES string of the molecule is CC(CC=O)CN1CCc2nc(-c3ccc(OCc4ccccc4)cc3)ncc2C1. The zero-order valence-corrected chi connectivity index (χ0v) is 17.3. The number of benzene rings is 2. The van der Waals surface area contributed by atoms with Crippen LogP contribution in [0.1, 0.15) is 30.2 Å². The van der Waals surface area contributed by atoms with Gasteiger partial charge in [0, 0.05) is 49.8 Å². The van der Waals surface area contributed by atoms with Crippen molar-refractivity contribution in [3.8, 4) is 17.1 Å². The molecule has 154 valence electrons. The third-order valence-corrected chi connectivity index (χ3v) is 5.44. The van der Waals surface area contributed by atoms with Crippen molar-refractivity contribution in [1.29, 1.82) is 0 Å². The summed E-state index contributed by atoms with van der Waals surface area (Å²) in [5.41, 5.74) is 4.45. The van der Waals surface area contributed by atoms with Gasteiger partial charge in [-0.25, -0.2) is 9.97 Å². The van der Waals surface area contributed by atoms with Gasteiger partial charge in [0.05, 0.1) is 5.69 Å². The Kier molecular flexibility index (Phi) is 6.50. The molecule has 2 heterocycles. The number of aldehydes is 1. The molecule has 1 unspecified atom stereocenters. The van der Waals surface area contributed by atoms with E-state index in [2.05, 4.69) is 28.9 Å². The minimum absolute atomic E-state index is 0.381. The predicted molar refractivity (Wildman–Crippen MR) is 117 cm³/mol. The highest BCUT2D eigenvalue weighted by Crippen LogP contribution is 2.24. The van der Waals surface area contributed by atoms with Gasteiger partial charge in [-0.15, -0.1) is 0 Å². The standard InChI is InChI=1S/C25H27N3O2/c1-19(12-14-29)16-28-13-11-24-22(17-28)15-26-25(27-24)21-7-9-23(10-8-21)30-18-20-5-3-2-4-6-20/h2-10,14-15,19H,11-13,16-18H2,1H3. The Hall–Kier alpha value is -3.05. The van der Waals surface area contributed by atoms with Crippen LogP contribution in [-0.2, 0) is 24.4 Å². The largest absolute Gasteiger partial charge is 0.489 e. The quantitative estimate of drug-likeness (QED) is 0.527. The second kappa shape index (κ2) is 9.63. The minimum atomic E-state index is 0.381. The van der Waals surface area contributed by atoms with Crippen LogP contribution in [0.4, 0.5) is 0 Å². The molecule has 0 bridgehead atoms. The van der Waals surface area contributed by atoms with Crippen molar-refractivity contribution in [3.63, 3.8) is 0 Å². The molecule has 0 N–H and O–H groups in total. The molecule has 1 aliphatic rings. The highest BCUT2D eigenvalue weighted by atomic mass is 16.5. The van der Waals surface area contributed by atoms with E-state index < -0.39 is 0 Å². The van der Waals surface area contributed by atoms with Gasteiger partial charge in [-0.1, -0.05) is 37.3 Å². The van der Waals surface area contributed by atoms with Gasteiger partial charge in [0.1, 0.15) is 18.6 Å². The van der Waals surface area contributed by atoms with Gasteiger partial charge in [0.2, 0.25) is 0 Å². The molecule has 2 aromatic carbocycles. The molecule has 30 heavy (non-hydrogen) atoms. The lowest BCUT2D eigenvalue weighted by molar-refractivity contribution is -0.108. The lowest BCUT2D eigenvalue weighted by atomic mass is 10.0. The summed E-state index contributed by atoms with van der Waals surface area (Å²) in [6.07, 6.45) is 4.49. The van der Waals surface area contributed by atoms with Crippen LogP contribution in [0.25, 0.3) is 11.4 Å². The lowest BCUT2D eigenvalue weighted by Gasteiger charge is -2.29. The average Bonchev–Trinajstić information content (AvgIpc) is 2.78. The number of aromatic nitrogens is 2. The van der Waals surface area contributed by atoms with Crippen molar-refractivity contribution in [2.45, 2.75) is 32.9 Å². The predicted octanol–water partition coefficient (Wildman–Crippen LogP) is 4.31. The molecule has 0 amide bonds. The number of ether oxygens (including phenoxy) is 1. The van der Waals surface area contributed by atoms with Crippen LogP contribution in [0, 0.1) is 5.92 Å². The molecule has 0 fully saturated rings. The van der Waals surface area contributed by atoms with Crippen LogP contribution in [0.15, 0.2) is 60.8 Å². The molecule has 1 aromatic heterocycles. The normalized spacial score (nSPS) is 14.7. The Morgan fingerprint density at radius 3 is 2.70 bits per heavy atom. The van der Waals surface area contributed by atoms with Gasteiger partial charge in [-0.2, -0.15) is 0 Å². The third kappa shape index (κ3) is 5.10. The van der Waals surface area contributed by atoms with Gasteiger partial charge in [-0.3, -0.25) is 4.90 Å². The number of carbonyl (C=O) groups is 1. The molecule has 5 heteroatoms. The Labute approximate surface area is 177 Å². The van der Waals surface area contributed by atoms with Crippen LogP contribution in [0.5, 0.6) is 5.75 Å². The van der Waals surface area contributed by atoms with Gasteiger partial charge < -0.3 is 9.53 Å². The molecule has 3 aromatic rings. The first-order chi connectivity index (χ1) is 14.7. The van der Waals surface area contributed by atoms with Gasteiger partial charge in [-0.05, 0) is 35.7 Å². The van der Waals surface area contributed by atoms with E-state index in [1.807, 2.05) is 48.7 Å². The molecular formula is C25H27N3O2. The van der Waals surface area contributed by atoms with E-state index in [1.165, 1.54) is 5.56 Å². The molecule has 0 saturated heterocycles. The Bertz CT molecular complexity index is 973. The maximum atomic E-state index is 10.7. The first-order valence-corrected chi connectivity index (χ1v) is 10.5. The molecule has 1 aliphatic heterocycles. The molecular weight excluding hydrogens is 374 g/mol. The van der Waals surface area contributed by atoms with Gasteiger partial charge >= 0.3 is 0 Å². The van der Waals surface area contributed by atoms with Gasteiger partial charge in [0.25, 0.3) is 0 Å². The first-order valence-electron chi connectivity index (χ1n) is 10.5. The topological polar surface area (TPSA) is 55.3 Å². The Morgan fingerprint density at radius 2 is 1.93 bits per heavy atom. The van der Waals surface area contributed by atoms with Crippen LogP contribution in [0.2, 0.25) is 0 Å². The zero-order chi connectivity index (χ0) is 20.8. The molecule has 0 radical (unpaired) electrons. The fourth-order valence-corrected chi connectivity index (χ4v) is 3.79. The smallest absolute Gasteiger partial charge is 0.159 e. The lowest BCUT2D eigenvalue weighted by Crippen LogP contribution is -2.34. The highest BCUT2D eigenvalue weighted by molar-refractivity contribution is 5.56. The number of fused-ring (bicyclic) bond motifs is 1. The summed E-state index contributed by atoms with van der Waals surface area (Å²) in [5, 5.41) is 0. The summed E-state index contributed by atoms with van der Waals surface area (Å²) < 4.78 is 5.87. The summed E-state index contributed by atoms with van der Waals surface area (Å²) in [6, 6.07) is 18.1. The van der Waals surface area contributed by atoms with Crippen molar-refractivity contribution in [3.05, 3.63) is 77.6 Å². The van der Waals surface area contributed by atoms with Crippen LogP contribution in [-0.4, -0.2) is 34.2 Å². The maximum absolute atomic E-state index is 10.7. The number of hydrogen-bond donors (Lipinski definition) is 0. The summed E-state index contributed by atoms with van der Waals surface area (Å²) in [7, 11) is 0. The van der Waals surface area contributed by atoms with Crippen molar-refractivity contribution in [2.24, 2.45) is 5.92 Å².